The highest BCUT2D eigenvalue weighted by Crippen LogP contribution is 2.31. The predicted octanol–water partition coefficient (Wildman–Crippen LogP) is 2.41. The van der Waals surface area contributed by atoms with E-state index in [1.807, 2.05) is 37.3 Å². The van der Waals surface area contributed by atoms with Gasteiger partial charge < -0.3 is 19.3 Å². The minimum atomic E-state index is 0.501. The SMILES string of the molecule is CN(C)c1nccc(N(C)C2CCN(Cc3ccc4c(c3)OCCO4)CC2)n1. The van der Waals surface area contributed by atoms with Gasteiger partial charge in [-0.3, -0.25) is 4.90 Å². The molecule has 2 aromatic rings. The summed E-state index contributed by atoms with van der Waals surface area (Å²) in [7, 11) is 6.08. The molecule has 0 spiro atoms. The molecule has 1 aromatic heterocycles. The first-order valence-corrected chi connectivity index (χ1v) is 9.94. The first kappa shape index (κ1) is 18.8. The molecular weight excluding hydrogens is 354 g/mol. The van der Waals surface area contributed by atoms with Gasteiger partial charge in [-0.05, 0) is 36.6 Å². The zero-order valence-corrected chi connectivity index (χ0v) is 17.0. The standard InChI is InChI=1S/C21H29N5O2/c1-24(2)21-22-9-6-20(23-21)25(3)17-7-10-26(11-8-17)15-16-4-5-18-19(14-16)28-13-12-27-18/h4-6,9,14,17H,7-8,10-13,15H2,1-3H3. The van der Waals surface area contributed by atoms with Crippen molar-refractivity contribution in [2.24, 2.45) is 0 Å². The van der Waals surface area contributed by atoms with Crippen molar-refractivity contribution in [3.8, 4) is 11.5 Å². The largest absolute Gasteiger partial charge is 0.486 e. The summed E-state index contributed by atoms with van der Waals surface area (Å²) in [6.45, 7) is 4.37. The van der Waals surface area contributed by atoms with Gasteiger partial charge >= 0.3 is 0 Å². The van der Waals surface area contributed by atoms with Crippen molar-refractivity contribution in [3.63, 3.8) is 0 Å². The highest BCUT2D eigenvalue weighted by Gasteiger charge is 2.24. The van der Waals surface area contributed by atoms with Crippen LogP contribution in [0.25, 0.3) is 0 Å². The van der Waals surface area contributed by atoms with Gasteiger partial charge in [-0.1, -0.05) is 6.07 Å². The third kappa shape index (κ3) is 4.14. The van der Waals surface area contributed by atoms with Crippen LogP contribution in [0.15, 0.2) is 30.5 Å². The monoisotopic (exact) mass is 383 g/mol. The Kier molecular flexibility index (Phi) is 5.52. The van der Waals surface area contributed by atoms with Crippen LogP contribution in [0, 0.1) is 0 Å². The number of benzene rings is 1. The molecule has 4 rings (SSSR count). The summed E-state index contributed by atoms with van der Waals surface area (Å²) in [6.07, 6.45) is 4.09. The normalized spacial score (nSPS) is 17.4. The van der Waals surface area contributed by atoms with Gasteiger partial charge in [-0.2, -0.15) is 4.98 Å². The van der Waals surface area contributed by atoms with Crippen molar-refractivity contribution in [3.05, 3.63) is 36.0 Å². The topological polar surface area (TPSA) is 54.0 Å². The molecule has 3 heterocycles. The minimum Gasteiger partial charge on any atom is -0.486 e. The van der Waals surface area contributed by atoms with E-state index in [1.165, 1.54) is 5.56 Å². The fraction of sp³-hybridized carbons (Fsp3) is 0.524. The second-order valence-electron chi connectivity index (χ2n) is 7.71. The van der Waals surface area contributed by atoms with Crippen molar-refractivity contribution in [2.75, 3.05) is 57.2 Å². The van der Waals surface area contributed by atoms with Crippen molar-refractivity contribution in [1.82, 2.24) is 14.9 Å². The molecule has 150 valence electrons. The van der Waals surface area contributed by atoms with E-state index in [4.69, 9.17) is 9.47 Å². The van der Waals surface area contributed by atoms with Crippen molar-refractivity contribution in [2.45, 2.75) is 25.4 Å². The Hall–Kier alpha value is -2.54. The Morgan fingerprint density at radius 1 is 1.04 bits per heavy atom. The maximum atomic E-state index is 5.71. The Balaban J connectivity index is 1.34. The van der Waals surface area contributed by atoms with Gasteiger partial charge in [0.25, 0.3) is 0 Å². The lowest BCUT2D eigenvalue weighted by atomic mass is 10.0. The van der Waals surface area contributed by atoms with Gasteiger partial charge in [0.05, 0.1) is 0 Å². The van der Waals surface area contributed by atoms with Gasteiger partial charge in [-0.25, -0.2) is 4.98 Å². The average molecular weight is 383 g/mol. The number of hydrogen-bond acceptors (Lipinski definition) is 7. The maximum absolute atomic E-state index is 5.71. The highest BCUT2D eigenvalue weighted by molar-refractivity contribution is 5.44. The fourth-order valence-corrected chi connectivity index (χ4v) is 3.85. The van der Waals surface area contributed by atoms with E-state index < -0.39 is 0 Å². The van der Waals surface area contributed by atoms with Gasteiger partial charge in [0.1, 0.15) is 19.0 Å². The van der Waals surface area contributed by atoms with Crippen LogP contribution in [0.3, 0.4) is 0 Å². The highest BCUT2D eigenvalue weighted by atomic mass is 16.6. The number of anilines is 2. The van der Waals surface area contributed by atoms with Crippen LogP contribution in [0.5, 0.6) is 11.5 Å². The summed E-state index contributed by atoms with van der Waals surface area (Å²) in [5.41, 5.74) is 1.28. The molecule has 0 aliphatic carbocycles. The molecule has 0 atom stereocenters. The van der Waals surface area contributed by atoms with Crippen LogP contribution in [0.1, 0.15) is 18.4 Å². The third-order valence-electron chi connectivity index (χ3n) is 5.51. The van der Waals surface area contributed by atoms with Crippen LogP contribution >= 0.6 is 0 Å². The van der Waals surface area contributed by atoms with Gasteiger partial charge in [0, 0.05) is 53.0 Å². The van der Waals surface area contributed by atoms with Gasteiger partial charge in [0.15, 0.2) is 11.5 Å². The molecule has 1 aromatic carbocycles. The summed E-state index contributed by atoms with van der Waals surface area (Å²) in [4.78, 5) is 15.7. The number of fused-ring (bicyclic) bond motifs is 1. The van der Waals surface area contributed by atoms with Gasteiger partial charge in [-0.15, -0.1) is 0 Å². The molecule has 0 bridgehead atoms. The summed E-state index contributed by atoms with van der Waals surface area (Å²) < 4.78 is 11.3. The maximum Gasteiger partial charge on any atom is 0.226 e. The number of nitrogens with zero attached hydrogens (tertiary/aromatic N) is 5. The van der Waals surface area contributed by atoms with E-state index in [-0.39, 0.29) is 0 Å². The number of rotatable bonds is 5. The van der Waals surface area contributed by atoms with Crippen LogP contribution in [0.4, 0.5) is 11.8 Å². The second kappa shape index (κ2) is 8.22. The average Bonchev–Trinajstić information content (AvgIpc) is 2.74. The molecule has 7 heteroatoms. The molecule has 1 saturated heterocycles. The Morgan fingerprint density at radius 2 is 1.79 bits per heavy atom. The Morgan fingerprint density at radius 3 is 2.54 bits per heavy atom. The van der Waals surface area contributed by atoms with E-state index in [0.717, 1.165) is 55.7 Å². The van der Waals surface area contributed by atoms with Crippen LogP contribution in [-0.4, -0.2) is 68.4 Å². The lowest BCUT2D eigenvalue weighted by Crippen LogP contribution is -2.43. The molecule has 2 aliphatic heterocycles. The van der Waals surface area contributed by atoms with E-state index in [2.05, 4.69) is 38.9 Å². The first-order valence-electron chi connectivity index (χ1n) is 9.94. The van der Waals surface area contributed by atoms with E-state index in [9.17, 15) is 0 Å². The second-order valence-corrected chi connectivity index (χ2v) is 7.71. The summed E-state index contributed by atoms with van der Waals surface area (Å²) in [5, 5.41) is 0. The zero-order chi connectivity index (χ0) is 19.5. The number of aromatic nitrogens is 2. The Labute approximate surface area is 166 Å². The van der Waals surface area contributed by atoms with E-state index >= 15 is 0 Å². The predicted molar refractivity (Wildman–Crippen MR) is 110 cm³/mol. The molecule has 28 heavy (non-hydrogen) atoms. The number of piperidine rings is 1. The van der Waals surface area contributed by atoms with Crippen LogP contribution in [-0.2, 0) is 6.54 Å². The number of hydrogen-bond donors (Lipinski definition) is 0. The number of likely N-dealkylation sites (tertiary alicyclic amines) is 1. The molecule has 1 fully saturated rings. The zero-order valence-electron chi connectivity index (χ0n) is 17.0. The molecular formula is C21H29N5O2. The number of ether oxygens (including phenoxy) is 2. The minimum absolute atomic E-state index is 0.501. The molecule has 0 unspecified atom stereocenters. The molecule has 7 nitrogen and oxygen atoms in total. The summed E-state index contributed by atoms with van der Waals surface area (Å²) >= 11 is 0. The van der Waals surface area contributed by atoms with Crippen molar-refractivity contribution < 1.29 is 9.47 Å². The molecule has 0 N–H and O–H groups in total. The summed E-state index contributed by atoms with van der Waals surface area (Å²) in [6, 6.07) is 8.80. The molecule has 0 amide bonds. The van der Waals surface area contributed by atoms with Crippen molar-refractivity contribution in [1.29, 1.82) is 0 Å². The van der Waals surface area contributed by atoms with Crippen LogP contribution < -0.4 is 19.3 Å². The lowest BCUT2D eigenvalue weighted by molar-refractivity contribution is 0.170. The fourth-order valence-electron chi connectivity index (χ4n) is 3.85. The lowest BCUT2D eigenvalue weighted by Gasteiger charge is -2.37. The van der Waals surface area contributed by atoms with Gasteiger partial charge in [0.2, 0.25) is 5.95 Å². The third-order valence-corrected chi connectivity index (χ3v) is 5.51. The molecule has 2 aliphatic rings. The van der Waals surface area contributed by atoms with E-state index in [1.54, 1.807) is 0 Å². The molecule has 0 radical (unpaired) electrons. The Bertz CT molecular complexity index is 805. The summed E-state index contributed by atoms with van der Waals surface area (Å²) in [5.74, 6) is 3.47. The first-order chi connectivity index (χ1) is 13.6. The molecule has 0 saturated carbocycles. The van der Waals surface area contributed by atoms with E-state index in [0.29, 0.717) is 19.3 Å². The smallest absolute Gasteiger partial charge is 0.226 e. The van der Waals surface area contributed by atoms with Crippen molar-refractivity contribution >= 4 is 11.8 Å². The van der Waals surface area contributed by atoms with Crippen LogP contribution in [0.2, 0.25) is 0 Å². The quantitative estimate of drug-likeness (QED) is 0.786.